The van der Waals surface area contributed by atoms with Gasteiger partial charge in [-0.15, -0.1) is 0 Å². The van der Waals surface area contributed by atoms with E-state index in [1.165, 1.54) is 12.3 Å². The average molecular weight is 463 g/mol. The first kappa shape index (κ1) is 21.8. The molecule has 164 valence electrons. The highest BCUT2D eigenvalue weighted by Crippen LogP contribution is 2.34. The smallest absolute Gasteiger partial charge is 0.313 e. The minimum atomic E-state index is -0.760. The minimum Gasteiger partial charge on any atom is -0.419 e. The van der Waals surface area contributed by atoms with Gasteiger partial charge >= 0.3 is 11.7 Å². The van der Waals surface area contributed by atoms with Crippen LogP contribution in [0.2, 0.25) is 5.02 Å². The summed E-state index contributed by atoms with van der Waals surface area (Å²) in [6.45, 7) is 1.12. The maximum absolute atomic E-state index is 13.2. The molecule has 0 aliphatic rings. The van der Waals surface area contributed by atoms with Crippen LogP contribution in [-0.2, 0) is 4.79 Å². The number of hydrogen-bond acceptors (Lipinski definition) is 7. The summed E-state index contributed by atoms with van der Waals surface area (Å²) >= 11 is 6.03. The molecule has 33 heavy (non-hydrogen) atoms. The summed E-state index contributed by atoms with van der Waals surface area (Å²) in [5.74, 6) is -0.825. The molecule has 1 aromatic heterocycles. The van der Waals surface area contributed by atoms with Crippen LogP contribution in [0.5, 0.6) is 5.75 Å². The lowest BCUT2D eigenvalue weighted by atomic mass is 10.2. The largest absolute Gasteiger partial charge is 0.419 e. The van der Waals surface area contributed by atoms with Crippen LogP contribution in [0.4, 0.5) is 5.69 Å². The summed E-state index contributed by atoms with van der Waals surface area (Å²) in [5.41, 5.74) is 0.220. The van der Waals surface area contributed by atoms with Crippen molar-refractivity contribution in [2.45, 2.75) is 6.92 Å². The number of hydrogen-bond donors (Lipinski definition) is 0. The van der Waals surface area contributed by atoms with E-state index in [0.29, 0.717) is 16.5 Å². The van der Waals surface area contributed by atoms with Crippen LogP contribution in [0, 0.1) is 10.1 Å². The Bertz CT molecular complexity index is 1480. The molecule has 0 atom stereocenters. The Labute approximate surface area is 191 Å². The predicted molar refractivity (Wildman–Crippen MR) is 124 cm³/mol. The number of aromatic nitrogens is 2. The van der Waals surface area contributed by atoms with Gasteiger partial charge in [0.25, 0.3) is 5.56 Å². The third kappa shape index (κ3) is 4.48. The van der Waals surface area contributed by atoms with E-state index >= 15 is 0 Å². The van der Waals surface area contributed by atoms with Crippen molar-refractivity contribution >= 4 is 40.4 Å². The number of para-hydroxylation sites is 1. The number of carbonyl (C=O) groups excluding carboxylic acids is 1. The Morgan fingerprint density at radius 1 is 1.15 bits per heavy atom. The van der Waals surface area contributed by atoms with E-state index in [0.717, 1.165) is 17.7 Å². The van der Waals surface area contributed by atoms with E-state index in [1.807, 2.05) is 6.07 Å². The first-order valence-electron chi connectivity index (χ1n) is 9.63. The molecule has 10 heteroatoms. The summed E-state index contributed by atoms with van der Waals surface area (Å²) in [4.78, 5) is 40.1. The van der Waals surface area contributed by atoms with E-state index in [4.69, 9.17) is 16.3 Å². The fourth-order valence-electron chi connectivity index (χ4n) is 3.21. The second kappa shape index (κ2) is 9.01. The van der Waals surface area contributed by atoms with Gasteiger partial charge in [0.05, 0.1) is 22.0 Å². The molecule has 1 heterocycles. The predicted octanol–water partition coefficient (Wildman–Crippen LogP) is 4.43. The number of fused-ring (bicyclic) bond motifs is 1. The molecule has 4 aromatic rings. The molecule has 0 aliphatic heterocycles. The van der Waals surface area contributed by atoms with Crippen molar-refractivity contribution in [2.75, 3.05) is 0 Å². The Morgan fingerprint density at radius 3 is 2.55 bits per heavy atom. The lowest BCUT2D eigenvalue weighted by Gasteiger charge is -2.10. The van der Waals surface area contributed by atoms with Crippen molar-refractivity contribution in [3.05, 3.63) is 97.8 Å². The highest BCUT2D eigenvalue weighted by molar-refractivity contribution is 6.31. The van der Waals surface area contributed by atoms with Gasteiger partial charge in [0.1, 0.15) is 0 Å². The molecular weight excluding hydrogens is 448 g/mol. The molecule has 9 nitrogen and oxygen atoms in total. The fraction of sp³-hybridized carbons (Fsp3) is 0.0435. The van der Waals surface area contributed by atoms with Crippen molar-refractivity contribution in [1.29, 1.82) is 0 Å². The lowest BCUT2D eigenvalue weighted by molar-refractivity contribution is -0.385. The van der Waals surface area contributed by atoms with Gasteiger partial charge in [-0.05, 0) is 18.2 Å². The molecule has 0 saturated heterocycles. The fourth-order valence-corrected chi connectivity index (χ4v) is 3.43. The number of benzene rings is 3. The Morgan fingerprint density at radius 2 is 1.85 bits per heavy atom. The van der Waals surface area contributed by atoms with Crippen LogP contribution in [0.3, 0.4) is 0 Å². The van der Waals surface area contributed by atoms with Crippen molar-refractivity contribution < 1.29 is 14.5 Å². The molecule has 0 aliphatic carbocycles. The first-order valence-corrected chi connectivity index (χ1v) is 10.0. The normalized spacial score (nSPS) is 11.1. The molecule has 0 unspecified atom stereocenters. The Hall–Kier alpha value is -4.37. The lowest BCUT2D eigenvalue weighted by Crippen LogP contribution is -2.20. The third-order valence-electron chi connectivity index (χ3n) is 4.60. The average Bonchev–Trinajstić information content (AvgIpc) is 2.79. The summed E-state index contributed by atoms with van der Waals surface area (Å²) in [6, 6.07) is 18.2. The summed E-state index contributed by atoms with van der Waals surface area (Å²) in [6.07, 6.45) is 1.17. The number of halogens is 1. The van der Waals surface area contributed by atoms with Crippen molar-refractivity contribution in [3.8, 4) is 17.1 Å². The van der Waals surface area contributed by atoms with E-state index in [1.54, 1.807) is 48.5 Å². The van der Waals surface area contributed by atoms with E-state index < -0.39 is 22.1 Å². The molecule has 4 rings (SSSR count). The van der Waals surface area contributed by atoms with E-state index in [-0.39, 0.29) is 22.2 Å². The molecule has 0 spiro atoms. The van der Waals surface area contributed by atoms with Gasteiger partial charge in [0.15, 0.2) is 5.82 Å². The molecule has 3 aromatic carbocycles. The molecule has 0 radical (unpaired) electrons. The van der Waals surface area contributed by atoms with Gasteiger partial charge in [-0.3, -0.25) is 19.7 Å². The number of nitro groups is 1. The maximum Gasteiger partial charge on any atom is 0.313 e. The molecule has 0 bridgehead atoms. The molecular formula is C23H15ClN4O5. The van der Waals surface area contributed by atoms with Crippen molar-refractivity contribution in [3.63, 3.8) is 0 Å². The monoisotopic (exact) mass is 462 g/mol. The second-order valence-electron chi connectivity index (χ2n) is 6.87. The number of ether oxygens (including phenoxy) is 1. The number of carbonyl (C=O) groups is 1. The summed E-state index contributed by atoms with van der Waals surface area (Å²) in [5, 5.41) is 16.1. The number of rotatable bonds is 5. The highest BCUT2D eigenvalue weighted by Gasteiger charge is 2.22. The number of nitrogens with zero attached hydrogens (tertiary/aromatic N) is 4. The van der Waals surface area contributed by atoms with E-state index in [2.05, 4.69) is 10.1 Å². The quantitative estimate of drug-likeness (QED) is 0.142. The van der Waals surface area contributed by atoms with Crippen LogP contribution < -0.4 is 10.3 Å². The SMILES string of the molecule is CC(=O)Oc1c(C=Nn2c(-c3ccccc3)nc3ccccc3c2=O)cc(Cl)cc1[N+](=O)[O-]. The van der Waals surface area contributed by atoms with Gasteiger partial charge in [-0.25, -0.2) is 4.98 Å². The standard InChI is InChI=1S/C23H15ClN4O5/c1-14(29)33-21-16(11-17(24)12-20(21)28(31)32)13-25-27-22(15-7-3-2-4-8-15)26-19-10-6-5-9-18(19)23(27)30/h2-13H,1H3. The zero-order valence-electron chi connectivity index (χ0n) is 17.1. The number of esters is 1. The van der Waals surface area contributed by atoms with Crippen molar-refractivity contribution in [2.24, 2.45) is 5.10 Å². The summed E-state index contributed by atoms with van der Waals surface area (Å²) < 4.78 is 6.15. The van der Waals surface area contributed by atoms with Crippen LogP contribution in [0.15, 0.2) is 76.6 Å². The van der Waals surface area contributed by atoms with Crippen molar-refractivity contribution in [1.82, 2.24) is 9.66 Å². The molecule has 0 fully saturated rings. The molecule has 0 saturated carbocycles. The van der Waals surface area contributed by atoms with Gasteiger partial charge in [-0.1, -0.05) is 54.1 Å². The van der Waals surface area contributed by atoms with Crippen LogP contribution in [-0.4, -0.2) is 26.8 Å². The maximum atomic E-state index is 13.2. The Kier molecular flexibility index (Phi) is 5.97. The van der Waals surface area contributed by atoms with Gasteiger partial charge < -0.3 is 4.74 Å². The minimum absolute atomic E-state index is 0.0336. The zero-order chi connectivity index (χ0) is 23.5. The van der Waals surface area contributed by atoms with Crippen LogP contribution in [0.1, 0.15) is 12.5 Å². The van der Waals surface area contributed by atoms with Crippen LogP contribution in [0.25, 0.3) is 22.3 Å². The van der Waals surface area contributed by atoms with E-state index in [9.17, 15) is 19.7 Å². The topological polar surface area (TPSA) is 117 Å². The first-order chi connectivity index (χ1) is 15.8. The zero-order valence-corrected chi connectivity index (χ0v) is 17.9. The highest BCUT2D eigenvalue weighted by atomic mass is 35.5. The van der Waals surface area contributed by atoms with Gasteiger partial charge in [0, 0.05) is 29.1 Å². The van der Waals surface area contributed by atoms with Crippen LogP contribution >= 0.6 is 11.6 Å². The third-order valence-corrected chi connectivity index (χ3v) is 4.82. The van der Waals surface area contributed by atoms with Gasteiger partial charge in [-0.2, -0.15) is 9.78 Å². The number of nitro benzene ring substituents is 1. The Balaban J connectivity index is 1.96. The molecule has 0 amide bonds. The summed E-state index contributed by atoms with van der Waals surface area (Å²) in [7, 11) is 0. The van der Waals surface area contributed by atoms with Gasteiger partial charge in [0.2, 0.25) is 5.75 Å². The molecule has 0 N–H and O–H groups in total. The second-order valence-corrected chi connectivity index (χ2v) is 7.31.